The van der Waals surface area contributed by atoms with Gasteiger partial charge in [-0.25, -0.2) is 4.98 Å². The van der Waals surface area contributed by atoms with Crippen LogP contribution < -0.4 is 5.32 Å². The molecule has 0 radical (unpaired) electrons. The molecule has 1 heterocycles. The smallest absolute Gasteiger partial charge is 0.270 e. The third kappa shape index (κ3) is 2.64. The van der Waals surface area contributed by atoms with E-state index in [1.54, 1.807) is 10.9 Å². The average molecular weight is 249 g/mol. The first-order valence-corrected chi connectivity index (χ1v) is 5.55. The van der Waals surface area contributed by atoms with Gasteiger partial charge in [-0.1, -0.05) is 6.07 Å². The molecule has 86 valence electrons. The number of non-ortho nitro benzene ring substituents is 1. The molecule has 0 aliphatic rings. The summed E-state index contributed by atoms with van der Waals surface area (Å²) >= 11 is 1.35. The Balaban J connectivity index is 2.19. The first-order valence-electron chi connectivity index (χ1n) is 4.61. The number of anilines is 1. The van der Waals surface area contributed by atoms with Crippen LogP contribution in [-0.4, -0.2) is 15.8 Å². The van der Waals surface area contributed by atoms with E-state index in [0.29, 0.717) is 5.82 Å². The van der Waals surface area contributed by atoms with E-state index in [1.807, 2.05) is 0 Å². The maximum atomic E-state index is 11.7. The lowest BCUT2D eigenvalue weighted by Gasteiger charge is -2.01. The van der Waals surface area contributed by atoms with E-state index in [9.17, 15) is 14.9 Å². The molecule has 17 heavy (non-hydrogen) atoms. The van der Waals surface area contributed by atoms with Gasteiger partial charge in [0.15, 0.2) is 0 Å². The van der Waals surface area contributed by atoms with E-state index in [0.717, 1.165) is 0 Å². The Kier molecular flexibility index (Phi) is 3.10. The van der Waals surface area contributed by atoms with Crippen molar-refractivity contribution in [3.63, 3.8) is 0 Å². The summed E-state index contributed by atoms with van der Waals surface area (Å²) in [5, 5.41) is 14.8. The lowest BCUT2D eigenvalue weighted by molar-refractivity contribution is -0.384. The summed E-state index contributed by atoms with van der Waals surface area (Å²) in [6.07, 6.45) is 0. The molecule has 0 atom stereocenters. The number of nitrogens with zero attached hydrogens (tertiary/aromatic N) is 2. The SMILES string of the molecule is O=C(Nc1cscn1)c1cccc([N+](=O)[O-])c1. The first-order chi connectivity index (χ1) is 8.16. The number of nitro benzene ring substituents is 1. The number of hydrogen-bond acceptors (Lipinski definition) is 5. The van der Waals surface area contributed by atoms with Crippen molar-refractivity contribution in [3.8, 4) is 0 Å². The Morgan fingerprint density at radius 1 is 1.47 bits per heavy atom. The molecular formula is C10H7N3O3S. The fourth-order valence-corrected chi connectivity index (χ4v) is 1.71. The van der Waals surface area contributed by atoms with E-state index in [1.165, 1.54) is 35.6 Å². The van der Waals surface area contributed by atoms with Crippen LogP contribution in [0.3, 0.4) is 0 Å². The zero-order chi connectivity index (χ0) is 12.3. The van der Waals surface area contributed by atoms with E-state index in [4.69, 9.17) is 0 Å². The summed E-state index contributed by atoms with van der Waals surface area (Å²) in [7, 11) is 0. The first kappa shape index (κ1) is 11.2. The van der Waals surface area contributed by atoms with Crippen LogP contribution in [0.15, 0.2) is 35.2 Å². The molecule has 1 aromatic carbocycles. The zero-order valence-corrected chi connectivity index (χ0v) is 9.31. The number of carbonyl (C=O) groups is 1. The van der Waals surface area contributed by atoms with Crippen molar-refractivity contribution in [2.45, 2.75) is 0 Å². The highest BCUT2D eigenvalue weighted by Gasteiger charge is 2.11. The van der Waals surface area contributed by atoms with Gasteiger partial charge in [0.2, 0.25) is 0 Å². The molecule has 0 aliphatic carbocycles. The van der Waals surface area contributed by atoms with Crippen LogP contribution in [0.2, 0.25) is 0 Å². The van der Waals surface area contributed by atoms with Gasteiger partial charge in [0.05, 0.1) is 10.4 Å². The lowest BCUT2D eigenvalue weighted by atomic mass is 10.2. The summed E-state index contributed by atoms with van der Waals surface area (Å²) in [6.45, 7) is 0. The fourth-order valence-electron chi connectivity index (χ4n) is 1.22. The summed E-state index contributed by atoms with van der Waals surface area (Å²) in [5.74, 6) is 0.0195. The average Bonchev–Trinajstić information content (AvgIpc) is 2.82. The van der Waals surface area contributed by atoms with Crippen molar-refractivity contribution in [2.75, 3.05) is 5.32 Å². The maximum Gasteiger partial charge on any atom is 0.270 e. The molecule has 2 rings (SSSR count). The highest BCUT2D eigenvalue weighted by Crippen LogP contribution is 2.15. The number of aromatic nitrogens is 1. The molecule has 0 saturated heterocycles. The second-order valence-corrected chi connectivity index (χ2v) is 3.85. The van der Waals surface area contributed by atoms with Crippen molar-refractivity contribution >= 4 is 28.7 Å². The summed E-state index contributed by atoms with van der Waals surface area (Å²) < 4.78 is 0. The molecular weight excluding hydrogens is 242 g/mol. The Hall–Kier alpha value is -2.28. The zero-order valence-electron chi connectivity index (χ0n) is 8.49. The van der Waals surface area contributed by atoms with Gasteiger partial charge in [0.1, 0.15) is 5.82 Å². The predicted molar refractivity (Wildman–Crippen MR) is 63.2 cm³/mol. The standard InChI is InChI=1S/C10H7N3O3S/c14-10(12-9-5-17-6-11-9)7-2-1-3-8(4-7)13(15)16/h1-6H,(H,12,14). The Morgan fingerprint density at radius 2 is 2.29 bits per heavy atom. The normalized spacial score (nSPS) is 9.88. The topological polar surface area (TPSA) is 85.1 Å². The number of carbonyl (C=O) groups excluding carboxylic acids is 1. The van der Waals surface area contributed by atoms with Gasteiger partial charge in [-0.2, -0.15) is 0 Å². The lowest BCUT2D eigenvalue weighted by Crippen LogP contribution is -2.12. The van der Waals surface area contributed by atoms with Crippen molar-refractivity contribution in [2.24, 2.45) is 0 Å². The van der Waals surface area contributed by atoms with Gasteiger partial charge in [0, 0.05) is 23.1 Å². The number of hydrogen-bond donors (Lipinski definition) is 1. The van der Waals surface area contributed by atoms with Crippen LogP contribution >= 0.6 is 11.3 Å². The molecule has 1 amide bonds. The van der Waals surface area contributed by atoms with Crippen LogP contribution in [0.1, 0.15) is 10.4 Å². The molecule has 0 saturated carbocycles. The molecule has 0 aliphatic heterocycles. The van der Waals surface area contributed by atoms with Crippen LogP contribution in [0.25, 0.3) is 0 Å². The molecule has 1 aromatic heterocycles. The number of nitro groups is 1. The molecule has 2 aromatic rings. The van der Waals surface area contributed by atoms with Crippen molar-refractivity contribution in [1.82, 2.24) is 4.98 Å². The van der Waals surface area contributed by atoms with Crippen LogP contribution in [0.5, 0.6) is 0 Å². The fraction of sp³-hybridized carbons (Fsp3) is 0. The van der Waals surface area contributed by atoms with Gasteiger partial charge < -0.3 is 5.32 Å². The molecule has 6 nitrogen and oxygen atoms in total. The van der Waals surface area contributed by atoms with E-state index < -0.39 is 10.8 Å². The highest BCUT2D eigenvalue weighted by molar-refractivity contribution is 7.07. The second kappa shape index (κ2) is 4.71. The number of amides is 1. The number of nitrogens with one attached hydrogen (secondary N) is 1. The largest absolute Gasteiger partial charge is 0.306 e. The highest BCUT2D eigenvalue weighted by atomic mass is 32.1. The Bertz CT molecular complexity index is 554. The van der Waals surface area contributed by atoms with Crippen LogP contribution in [-0.2, 0) is 0 Å². The number of thiazole rings is 1. The predicted octanol–water partition coefficient (Wildman–Crippen LogP) is 2.30. The van der Waals surface area contributed by atoms with Crippen LogP contribution in [0.4, 0.5) is 11.5 Å². The number of benzene rings is 1. The summed E-state index contributed by atoms with van der Waals surface area (Å²) in [5.41, 5.74) is 1.70. The summed E-state index contributed by atoms with van der Waals surface area (Å²) in [4.78, 5) is 25.6. The molecule has 0 fully saturated rings. The van der Waals surface area contributed by atoms with Crippen molar-refractivity contribution in [3.05, 3.63) is 50.8 Å². The Morgan fingerprint density at radius 3 is 2.94 bits per heavy atom. The monoisotopic (exact) mass is 249 g/mol. The van der Waals surface area contributed by atoms with Gasteiger partial charge in [0.25, 0.3) is 11.6 Å². The Labute approximate surface area is 100 Å². The van der Waals surface area contributed by atoms with Gasteiger partial charge in [-0.3, -0.25) is 14.9 Å². The van der Waals surface area contributed by atoms with E-state index >= 15 is 0 Å². The molecule has 7 heteroatoms. The minimum absolute atomic E-state index is 0.115. The van der Waals surface area contributed by atoms with Gasteiger partial charge >= 0.3 is 0 Å². The molecule has 0 bridgehead atoms. The number of rotatable bonds is 3. The maximum absolute atomic E-state index is 11.7. The second-order valence-electron chi connectivity index (χ2n) is 3.14. The third-order valence-electron chi connectivity index (χ3n) is 1.99. The molecule has 0 unspecified atom stereocenters. The minimum atomic E-state index is -0.542. The van der Waals surface area contributed by atoms with Crippen molar-refractivity contribution < 1.29 is 9.72 Å². The van der Waals surface area contributed by atoms with Gasteiger partial charge in [-0.15, -0.1) is 11.3 Å². The minimum Gasteiger partial charge on any atom is -0.306 e. The van der Waals surface area contributed by atoms with Crippen LogP contribution in [0, 0.1) is 10.1 Å². The molecule has 0 spiro atoms. The third-order valence-corrected chi connectivity index (χ3v) is 2.58. The van der Waals surface area contributed by atoms with E-state index in [-0.39, 0.29) is 11.3 Å². The quantitative estimate of drug-likeness (QED) is 0.668. The van der Waals surface area contributed by atoms with Crippen molar-refractivity contribution in [1.29, 1.82) is 0 Å². The van der Waals surface area contributed by atoms with E-state index in [2.05, 4.69) is 10.3 Å². The molecule has 1 N–H and O–H groups in total. The van der Waals surface area contributed by atoms with Gasteiger partial charge in [-0.05, 0) is 6.07 Å². The summed E-state index contributed by atoms with van der Waals surface area (Å²) in [6, 6.07) is 5.53.